The second-order valence-electron chi connectivity index (χ2n) is 10.1. The maximum Gasteiger partial charge on any atom is 0.160 e. The van der Waals surface area contributed by atoms with E-state index in [1.54, 1.807) is 26.4 Å². The highest BCUT2D eigenvalue weighted by molar-refractivity contribution is 5.44. The summed E-state index contributed by atoms with van der Waals surface area (Å²) in [7, 11) is 3.19. The van der Waals surface area contributed by atoms with Crippen LogP contribution in [-0.4, -0.2) is 36.6 Å². The largest absolute Gasteiger partial charge is 0.504 e. The van der Waals surface area contributed by atoms with Gasteiger partial charge in [0.05, 0.1) is 26.4 Å². The molecule has 0 aromatic heterocycles. The second-order valence-corrected chi connectivity index (χ2v) is 10.1. The molecule has 37 heavy (non-hydrogen) atoms. The molecule has 2 N–H and O–H groups in total. The second kappa shape index (κ2) is 16.4. The maximum atomic E-state index is 10.2. The molecule has 2 aromatic carbocycles. The number of phenolic OH excluding ortho intramolecular Hbond substituents is 2. The van der Waals surface area contributed by atoms with Crippen molar-refractivity contribution in [1.82, 2.24) is 0 Å². The van der Waals surface area contributed by atoms with E-state index in [-0.39, 0.29) is 35.5 Å². The van der Waals surface area contributed by atoms with E-state index in [9.17, 15) is 10.2 Å². The summed E-state index contributed by atoms with van der Waals surface area (Å²) in [5, 5.41) is 20.4. The zero-order chi connectivity index (χ0) is 27.2. The third-order valence-corrected chi connectivity index (χ3v) is 7.58. The molecule has 4 atom stereocenters. The van der Waals surface area contributed by atoms with E-state index in [2.05, 4.69) is 27.7 Å². The van der Waals surface area contributed by atoms with Crippen molar-refractivity contribution in [3.63, 3.8) is 0 Å². The van der Waals surface area contributed by atoms with Crippen molar-refractivity contribution in [1.29, 1.82) is 0 Å². The molecule has 2 aromatic rings. The summed E-state index contributed by atoms with van der Waals surface area (Å²) in [6.07, 6.45) is 10.9. The van der Waals surface area contributed by atoms with Crippen LogP contribution in [0.15, 0.2) is 36.4 Å². The predicted molar refractivity (Wildman–Crippen MR) is 152 cm³/mol. The van der Waals surface area contributed by atoms with Crippen LogP contribution in [-0.2, 0) is 4.74 Å². The molecule has 0 amide bonds. The van der Waals surface area contributed by atoms with Crippen LogP contribution in [0, 0.1) is 0 Å². The number of methoxy groups -OCH3 is 2. The molecule has 5 heteroatoms. The lowest BCUT2D eigenvalue weighted by Crippen LogP contribution is -2.32. The van der Waals surface area contributed by atoms with Gasteiger partial charge in [-0.25, -0.2) is 0 Å². The maximum absolute atomic E-state index is 10.2. The van der Waals surface area contributed by atoms with Crippen molar-refractivity contribution >= 4 is 0 Å². The van der Waals surface area contributed by atoms with Crippen molar-refractivity contribution in [2.24, 2.45) is 0 Å². The quantitative estimate of drug-likeness (QED) is 0.195. The summed E-state index contributed by atoms with van der Waals surface area (Å²) in [5.41, 5.74) is 2.29. The van der Waals surface area contributed by atoms with Crippen molar-refractivity contribution in [2.75, 3.05) is 14.2 Å². The van der Waals surface area contributed by atoms with E-state index < -0.39 is 0 Å². The Bertz CT molecular complexity index is 839. The first-order valence-corrected chi connectivity index (χ1v) is 14.3. The van der Waals surface area contributed by atoms with Crippen molar-refractivity contribution < 1.29 is 24.4 Å². The van der Waals surface area contributed by atoms with Gasteiger partial charge in [0.2, 0.25) is 0 Å². The van der Waals surface area contributed by atoms with E-state index in [1.165, 1.54) is 25.7 Å². The van der Waals surface area contributed by atoms with E-state index in [0.717, 1.165) is 49.7 Å². The lowest BCUT2D eigenvalue weighted by atomic mass is 9.85. The molecule has 0 bridgehead atoms. The molecular formula is C32H50O5. The number of hydrogen-bond donors (Lipinski definition) is 2. The Hall–Kier alpha value is -2.40. The minimum absolute atomic E-state index is 0.0606. The van der Waals surface area contributed by atoms with Gasteiger partial charge in [-0.15, -0.1) is 0 Å². The number of hydrogen-bond acceptors (Lipinski definition) is 5. The van der Waals surface area contributed by atoms with Crippen LogP contribution in [0.2, 0.25) is 0 Å². The van der Waals surface area contributed by atoms with Crippen LogP contribution in [0.5, 0.6) is 23.0 Å². The summed E-state index contributed by atoms with van der Waals surface area (Å²) < 4.78 is 18.0. The minimum atomic E-state index is 0.0606. The predicted octanol–water partition coefficient (Wildman–Crippen LogP) is 8.72. The summed E-state index contributed by atoms with van der Waals surface area (Å²) in [4.78, 5) is 0. The van der Waals surface area contributed by atoms with Gasteiger partial charge in [-0.1, -0.05) is 78.4 Å². The lowest BCUT2D eigenvalue weighted by Gasteiger charge is -2.35. The fourth-order valence-corrected chi connectivity index (χ4v) is 5.42. The van der Waals surface area contributed by atoms with Gasteiger partial charge in [-0.05, 0) is 61.1 Å². The van der Waals surface area contributed by atoms with E-state index in [4.69, 9.17) is 14.2 Å². The number of ether oxygens (including phenoxy) is 3. The molecule has 0 heterocycles. The zero-order valence-corrected chi connectivity index (χ0v) is 24.0. The Labute approximate surface area is 225 Å². The first-order valence-electron chi connectivity index (χ1n) is 14.3. The van der Waals surface area contributed by atoms with E-state index in [0.29, 0.717) is 11.5 Å². The fraction of sp³-hybridized carbons (Fsp3) is 0.625. The number of phenols is 2. The highest BCUT2D eigenvalue weighted by Gasteiger charge is 2.30. The van der Waals surface area contributed by atoms with Crippen LogP contribution < -0.4 is 9.47 Å². The topological polar surface area (TPSA) is 68.2 Å². The first-order chi connectivity index (χ1) is 17.9. The molecule has 0 aliphatic carbocycles. The molecule has 2 rings (SSSR count). The molecule has 0 aliphatic rings. The van der Waals surface area contributed by atoms with Gasteiger partial charge in [-0.3, -0.25) is 0 Å². The average molecular weight is 515 g/mol. The third kappa shape index (κ3) is 8.84. The molecule has 0 fully saturated rings. The van der Waals surface area contributed by atoms with Gasteiger partial charge >= 0.3 is 0 Å². The van der Waals surface area contributed by atoms with Crippen molar-refractivity contribution in [3.05, 3.63) is 47.5 Å². The zero-order valence-electron chi connectivity index (χ0n) is 24.0. The molecular weight excluding hydrogens is 464 g/mol. The molecule has 0 spiro atoms. The van der Waals surface area contributed by atoms with Gasteiger partial charge in [0, 0.05) is 11.8 Å². The van der Waals surface area contributed by atoms with Crippen LogP contribution in [0.3, 0.4) is 0 Å². The van der Waals surface area contributed by atoms with Gasteiger partial charge in [-0.2, -0.15) is 0 Å². The molecule has 0 radical (unpaired) electrons. The molecule has 0 saturated carbocycles. The van der Waals surface area contributed by atoms with Gasteiger partial charge < -0.3 is 24.4 Å². The number of unbranched alkanes of at least 4 members (excludes halogenated alkanes) is 4. The Morgan fingerprint density at radius 1 is 0.622 bits per heavy atom. The highest BCUT2D eigenvalue weighted by atomic mass is 16.5. The Balaban J connectivity index is 2.44. The summed E-state index contributed by atoms with van der Waals surface area (Å²) in [6.45, 7) is 8.90. The number of benzene rings is 2. The Kier molecular flexibility index (Phi) is 13.7. The van der Waals surface area contributed by atoms with Crippen molar-refractivity contribution in [3.8, 4) is 23.0 Å². The van der Waals surface area contributed by atoms with Crippen LogP contribution >= 0.6 is 0 Å². The average Bonchev–Trinajstić information content (AvgIpc) is 2.91. The van der Waals surface area contributed by atoms with Crippen LogP contribution in [0.25, 0.3) is 0 Å². The smallest absolute Gasteiger partial charge is 0.160 e. The molecule has 0 aliphatic heterocycles. The Morgan fingerprint density at radius 2 is 1.03 bits per heavy atom. The first kappa shape index (κ1) is 30.8. The number of rotatable bonds is 18. The highest BCUT2D eigenvalue weighted by Crippen LogP contribution is 2.39. The van der Waals surface area contributed by atoms with E-state index in [1.807, 2.05) is 24.3 Å². The summed E-state index contributed by atoms with van der Waals surface area (Å²) >= 11 is 0. The summed E-state index contributed by atoms with van der Waals surface area (Å²) in [6, 6.07) is 11.4. The molecule has 4 unspecified atom stereocenters. The fourth-order valence-electron chi connectivity index (χ4n) is 5.42. The number of aromatic hydroxyl groups is 2. The van der Waals surface area contributed by atoms with Gasteiger partial charge in [0.1, 0.15) is 0 Å². The SMILES string of the molecule is CCCCCC(OC(CCCCC)C(CC)c1ccc(O)c(OC)c1)C(CC)c1ccc(O)c(OC)c1. The molecule has 0 saturated heterocycles. The minimum Gasteiger partial charge on any atom is -0.504 e. The van der Waals surface area contributed by atoms with Gasteiger partial charge in [0.25, 0.3) is 0 Å². The summed E-state index contributed by atoms with van der Waals surface area (Å²) in [5.74, 6) is 1.73. The third-order valence-electron chi connectivity index (χ3n) is 7.58. The van der Waals surface area contributed by atoms with E-state index >= 15 is 0 Å². The monoisotopic (exact) mass is 514 g/mol. The van der Waals surface area contributed by atoms with Crippen LogP contribution in [0.1, 0.15) is 115 Å². The Morgan fingerprint density at radius 3 is 1.35 bits per heavy atom. The van der Waals surface area contributed by atoms with Crippen LogP contribution in [0.4, 0.5) is 0 Å². The standard InChI is InChI=1S/C32H50O5/c1-7-11-13-15-29(25(9-3)23-17-19-27(33)31(21-23)35-5)37-30(16-14-12-8-2)26(10-4)24-18-20-28(34)32(22-24)36-6/h17-22,25-26,29-30,33-34H,7-16H2,1-6H3. The molecule has 208 valence electrons. The van der Waals surface area contributed by atoms with Gasteiger partial charge in [0.15, 0.2) is 23.0 Å². The normalized spacial score (nSPS) is 14.6. The van der Waals surface area contributed by atoms with Crippen molar-refractivity contribution in [2.45, 2.75) is 116 Å². The molecule has 5 nitrogen and oxygen atoms in total. The lowest BCUT2D eigenvalue weighted by molar-refractivity contribution is -0.0502.